The monoisotopic (exact) mass is 331 g/mol. The summed E-state index contributed by atoms with van der Waals surface area (Å²) < 4.78 is 5.27. The van der Waals surface area contributed by atoms with Crippen molar-refractivity contribution in [2.45, 2.75) is 25.7 Å². The molecule has 1 amide bonds. The van der Waals surface area contributed by atoms with Crippen LogP contribution in [0.5, 0.6) is 5.75 Å². The lowest BCUT2D eigenvalue weighted by molar-refractivity contribution is 0.102. The molecule has 0 spiro atoms. The van der Waals surface area contributed by atoms with Gasteiger partial charge in [-0.25, -0.2) is 4.98 Å². The van der Waals surface area contributed by atoms with E-state index in [1.54, 1.807) is 30.6 Å². The van der Waals surface area contributed by atoms with E-state index in [9.17, 15) is 4.79 Å². The van der Waals surface area contributed by atoms with Crippen LogP contribution in [-0.4, -0.2) is 31.1 Å². The van der Waals surface area contributed by atoms with E-state index < -0.39 is 0 Å². The summed E-state index contributed by atoms with van der Waals surface area (Å²) in [5, 5.41) is 6.90. The summed E-state index contributed by atoms with van der Waals surface area (Å²) >= 11 is 1.57. The molecule has 2 heterocycles. The summed E-state index contributed by atoms with van der Waals surface area (Å²) in [6.45, 7) is 4.05. The minimum absolute atomic E-state index is 0.158. The fourth-order valence-corrected chi connectivity index (χ4v) is 3.75. The highest BCUT2D eigenvalue weighted by Gasteiger charge is 2.18. The SMILES string of the molecule is COc1cc(C(=O)Nc2ncc(C3CCNCC3)s2)ccc1C. The Morgan fingerprint density at radius 2 is 2.17 bits per heavy atom. The van der Waals surface area contributed by atoms with Crippen molar-refractivity contribution < 1.29 is 9.53 Å². The van der Waals surface area contributed by atoms with Crippen molar-refractivity contribution in [2.24, 2.45) is 0 Å². The first-order chi connectivity index (χ1) is 11.2. The Morgan fingerprint density at radius 3 is 2.91 bits per heavy atom. The second kappa shape index (κ2) is 7.10. The molecule has 122 valence electrons. The van der Waals surface area contributed by atoms with Crippen LogP contribution in [0.1, 0.15) is 39.6 Å². The van der Waals surface area contributed by atoms with E-state index in [0.29, 0.717) is 22.4 Å². The largest absolute Gasteiger partial charge is 0.496 e. The zero-order valence-corrected chi connectivity index (χ0v) is 14.2. The molecule has 2 aromatic rings. The third-order valence-electron chi connectivity index (χ3n) is 4.16. The Morgan fingerprint density at radius 1 is 1.39 bits per heavy atom. The number of thiazole rings is 1. The van der Waals surface area contributed by atoms with Crippen molar-refractivity contribution in [3.05, 3.63) is 40.4 Å². The third kappa shape index (κ3) is 3.71. The van der Waals surface area contributed by atoms with Crippen LogP contribution in [0.4, 0.5) is 5.13 Å². The van der Waals surface area contributed by atoms with E-state index in [0.717, 1.165) is 31.5 Å². The lowest BCUT2D eigenvalue weighted by Crippen LogP contribution is -2.26. The van der Waals surface area contributed by atoms with Crippen molar-refractivity contribution in [3.63, 3.8) is 0 Å². The molecule has 23 heavy (non-hydrogen) atoms. The summed E-state index contributed by atoms with van der Waals surface area (Å²) in [5.74, 6) is 1.11. The molecule has 1 aromatic heterocycles. The third-order valence-corrected chi connectivity index (χ3v) is 5.23. The Bertz CT molecular complexity index is 693. The molecule has 1 fully saturated rings. The maximum Gasteiger partial charge on any atom is 0.257 e. The van der Waals surface area contributed by atoms with Crippen LogP contribution in [0, 0.1) is 6.92 Å². The molecular formula is C17H21N3O2S. The van der Waals surface area contributed by atoms with Gasteiger partial charge in [0.25, 0.3) is 5.91 Å². The Labute approximate surface area is 140 Å². The number of benzene rings is 1. The number of carbonyl (C=O) groups is 1. The predicted octanol–water partition coefficient (Wildman–Crippen LogP) is 3.18. The van der Waals surface area contributed by atoms with Gasteiger partial charge < -0.3 is 10.1 Å². The quantitative estimate of drug-likeness (QED) is 0.903. The molecule has 3 rings (SSSR count). The van der Waals surface area contributed by atoms with Crippen LogP contribution in [0.2, 0.25) is 0 Å². The van der Waals surface area contributed by atoms with Crippen LogP contribution in [0.3, 0.4) is 0 Å². The minimum Gasteiger partial charge on any atom is -0.496 e. The standard InChI is InChI=1S/C17H21N3O2S/c1-11-3-4-13(9-14(11)22-2)16(21)20-17-19-10-15(23-17)12-5-7-18-8-6-12/h3-4,9-10,12,18H,5-8H2,1-2H3,(H,19,20,21). The van der Waals surface area contributed by atoms with Crippen molar-refractivity contribution in [1.29, 1.82) is 0 Å². The number of amides is 1. The number of nitrogens with zero attached hydrogens (tertiary/aromatic N) is 1. The van der Waals surface area contributed by atoms with Crippen molar-refractivity contribution in [1.82, 2.24) is 10.3 Å². The number of nitrogens with one attached hydrogen (secondary N) is 2. The fraction of sp³-hybridized carbons (Fsp3) is 0.412. The van der Waals surface area contributed by atoms with Crippen LogP contribution in [-0.2, 0) is 0 Å². The molecule has 5 nitrogen and oxygen atoms in total. The van der Waals surface area contributed by atoms with Gasteiger partial charge in [0.15, 0.2) is 5.13 Å². The van der Waals surface area contributed by atoms with Gasteiger partial charge in [-0.1, -0.05) is 6.07 Å². The Balaban J connectivity index is 1.69. The van der Waals surface area contributed by atoms with E-state index in [4.69, 9.17) is 4.74 Å². The number of aromatic nitrogens is 1. The number of carbonyl (C=O) groups excluding carboxylic acids is 1. The normalized spacial score (nSPS) is 15.4. The highest BCUT2D eigenvalue weighted by molar-refractivity contribution is 7.15. The summed E-state index contributed by atoms with van der Waals surface area (Å²) in [7, 11) is 1.61. The average molecular weight is 331 g/mol. The summed E-state index contributed by atoms with van der Waals surface area (Å²) in [6.07, 6.45) is 4.15. The van der Waals surface area contributed by atoms with Crippen LogP contribution in [0.15, 0.2) is 24.4 Å². The molecule has 0 aliphatic carbocycles. The molecule has 1 aromatic carbocycles. The van der Waals surface area contributed by atoms with Gasteiger partial charge >= 0.3 is 0 Å². The lowest BCUT2D eigenvalue weighted by Gasteiger charge is -2.20. The van der Waals surface area contributed by atoms with E-state index in [2.05, 4.69) is 15.6 Å². The number of methoxy groups -OCH3 is 1. The maximum absolute atomic E-state index is 12.4. The van der Waals surface area contributed by atoms with Crippen molar-refractivity contribution in [3.8, 4) is 5.75 Å². The first kappa shape index (κ1) is 16.0. The number of hydrogen-bond donors (Lipinski definition) is 2. The number of hydrogen-bond acceptors (Lipinski definition) is 5. The van der Waals surface area contributed by atoms with Gasteiger partial charge in [0.1, 0.15) is 5.75 Å². The van der Waals surface area contributed by atoms with Crippen molar-refractivity contribution >= 4 is 22.4 Å². The van der Waals surface area contributed by atoms with Crippen molar-refractivity contribution in [2.75, 3.05) is 25.5 Å². The zero-order chi connectivity index (χ0) is 16.2. The van der Waals surface area contributed by atoms with Gasteiger partial charge in [-0.15, -0.1) is 11.3 Å². The molecule has 0 saturated carbocycles. The maximum atomic E-state index is 12.4. The van der Waals surface area contributed by atoms with Gasteiger partial charge in [0.05, 0.1) is 7.11 Å². The molecule has 6 heteroatoms. The van der Waals surface area contributed by atoms with Gasteiger partial charge in [-0.3, -0.25) is 10.1 Å². The molecule has 1 aliphatic heterocycles. The average Bonchev–Trinajstić information content (AvgIpc) is 3.04. The highest BCUT2D eigenvalue weighted by atomic mass is 32.1. The van der Waals surface area contributed by atoms with E-state index in [1.165, 1.54) is 4.88 Å². The Kier molecular flexibility index (Phi) is 4.93. The number of anilines is 1. The van der Waals surface area contributed by atoms with Crippen LogP contribution in [0.25, 0.3) is 0 Å². The molecule has 2 N–H and O–H groups in total. The van der Waals surface area contributed by atoms with E-state index in [1.807, 2.05) is 19.2 Å². The smallest absolute Gasteiger partial charge is 0.257 e. The molecular weight excluding hydrogens is 310 g/mol. The zero-order valence-electron chi connectivity index (χ0n) is 13.4. The first-order valence-electron chi connectivity index (χ1n) is 7.80. The minimum atomic E-state index is -0.158. The molecule has 1 aliphatic rings. The highest BCUT2D eigenvalue weighted by Crippen LogP contribution is 2.32. The van der Waals surface area contributed by atoms with Gasteiger partial charge in [-0.05, 0) is 56.5 Å². The number of piperidine rings is 1. The Hall–Kier alpha value is -1.92. The van der Waals surface area contributed by atoms with E-state index in [-0.39, 0.29) is 5.91 Å². The summed E-state index contributed by atoms with van der Waals surface area (Å²) in [5.41, 5.74) is 1.58. The number of aryl methyl sites for hydroxylation is 1. The second-order valence-corrected chi connectivity index (χ2v) is 6.79. The number of rotatable bonds is 4. The molecule has 0 unspecified atom stereocenters. The van der Waals surface area contributed by atoms with Gasteiger partial charge in [0.2, 0.25) is 0 Å². The fourth-order valence-electron chi connectivity index (χ4n) is 2.77. The van der Waals surface area contributed by atoms with Crippen LogP contribution >= 0.6 is 11.3 Å². The van der Waals surface area contributed by atoms with Gasteiger partial charge in [-0.2, -0.15) is 0 Å². The van der Waals surface area contributed by atoms with E-state index >= 15 is 0 Å². The molecule has 0 radical (unpaired) electrons. The molecule has 1 saturated heterocycles. The lowest BCUT2D eigenvalue weighted by atomic mass is 9.97. The second-order valence-electron chi connectivity index (χ2n) is 5.73. The van der Waals surface area contributed by atoms with Gasteiger partial charge in [0, 0.05) is 16.6 Å². The first-order valence-corrected chi connectivity index (χ1v) is 8.61. The molecule has 0 atom stereocenters. The predicted molar refractivity (Wildman–Crippen MR) is 92.6 cm³/mol. The number of ether oxygens (including phenoxy) is 1. The summed E-state index contributed by atoms with van der Waals surface area (Å²) in [6, 6.07) is 5.44. The molecule has 0 bridgehead atoms. The van der Waals surface area contributed by atoms with Crippen LogP contribution < -0.4 is 15.4 Å². The topological polar surface area (TPSA) is 63.2 Å². The summed E-state index contributed by atoms with van der Waals surface area (Å²) in [4.78, 5) is 18.0.